The molecule has 6 rings (SSSR count). The minimum absolute atomic E-state index is 0.149. The summed E-state index contributed by atoms with van der Waals surface area (Å²) in [4.78, 5) is 22.6. The maximum absolute atomic E-state index is 14.3. The van der Waals surface area contributed by atoms with E-state index in [1.54, 1.807) is 47.4 Å². The summed E-state index contributed by atoms with van der Waals surface area (Å²) in [6.45, 7) is 2.24. The van der Waals surface area contributed by atoms with Crippen molar-refractivity contribution in [1.82, 2.24) is 44.5 Å². The van der Waals surface area contributed by atoms with Gasteiger partial charge in [0.15, 0.2) is 0 Å². The highest BCUT2D eigenvalue weighted by Gasteiger charge is 2.38. The third kappa shape index (κ3) is 2.94. The Morgan fingerprint density at radius 1 is 1.30 bits per heavy atom. The summed E-state index contributed by atoms with van der Waals surface area (Å²) in [7, 11) is 1.76. The van der Waals surface area contributed by atoms with Gasteiger partial charge in [-0.15, -0.1) is 10.2 Å². The number of aromatic nitrogens is 8. The van der Waals surface area contributed by atoms with Crippen LogP contribution in [-0.2, 0) is 13.5 Å². The standard InChI is InChI=1S/C21H18FN9O2/c1-11-9-25-29(2)17(11)19-26-27-20(33-19)21(32)30-7-6-13-16(24-10-23-13)18(30)14-8-12-4-3-5-15(22)31(12)28-14/h3-5,8-10,18H,6-7H2,1-2H3,(H,23,24). The lowest BCUT2D eigenvalue weighted by molar-refractivity contribution is 0.0646. The molecule has 6 heterocycles. The summed E-state index contributed by atoms with van der Waals surface area (Å²) in [5.74, 6) is -0.892. The van der Waals surface area contributed by atoms with Crippen molar-refractivity contribution in [2.75, 3.05) is 6.54 Å². The van der Waals surface area contributed by atoms with Crippen LogP contribution in [0.2, 0.25) is 0 Å². The van der Waals surface area contributed by atoms with E-state index in [1.807, 2.05) is 6.92 Å². The van der Waals surface area contributed by atoms with Crippen molar-refractivity contribution < 1.29 is 13.6 Å². The molecule has 0 bridgehead atoms. The fourth-order valence-electron chi connectivity index (χ4n) is 4.31. The Labute approximate surface area is 185 Å². The van der Waals surface area contributed by atoms with Crippen LogP contribution < -0.4 is 0 Å². The van der Waals surface area contributed by atoms with Gasteiger partial charge in [0, 0.05) is 25.7 Å². The lowest BCUT2D eigenvalue weighted by Crippen LogP contribution is -2.41. The van der Waals surface area contributed by atoms with Crippen molar-refractivity contribution in [3.8, 4) is 11.6 Å². The van der Waals surface area contributed by atoms with Gasteiger partial charge >= 0.3 is 11.8 Å². The molecule has 11 nitrogen and oxygen atoms in total. The smallest absolute Gasteiger partial charge is 0.312 e. The number of pyridine rings is 1. The zero-order valence-electron chi connectivity index (χ0n) is 17.7. The Morgan fingerprint density at radius 2 is 2.18 bits per heavy atom. The van der Waals surface area contributed by atoms with Gasteiger partial charge in [0.05, 0.1) is 29.4 Å². The highest BCUT2D eigenvalue weighted by atomic mass is 19.1. The van der Waals surface area contributed by atoms with E-state index in [2.05, 4.69) is 30.4 Å². The minimum atomic E-state index is -0.638. The topological polar surface area (TPSA) is 123 Å². The van der Waals surface area contributed by atoms with Crippen molar-refractivity contribution in [2.24, 2.45) is 7.05 Å². The molecule has 0 saturated carbocycles. The van der Waals surface area contributed by atoms with Crippen molar-refractivity contribution in [3.05, 3.63) is 71.3 Å². The van der Waals surface area contributed by atoms with E-state index in [1.165, 1.54) is 10.6 Å². The molecule has 1 aliphatic rings. The molecule has 0 fully saturated rings. The molecule has 0 radical (unpaired) electrons. The van der Waals surface area contributed by atoms with Crippen LogP contribution in [0.3, 0.4) is 0 Å². The number of fused-ring (bicyclic) bond motifs is 2. The molecule has 33 heavy (non-hydrogen) atoms. The summed E-state index contributed by atoms with van der Waals surface area (Å²) >= 11 is 0. The molecule has 5 aromatic rings. The van der Waals surface area contributed by atoms with Gasteiger partial charge in [0.2, 0.25) is 5.95 Å². The predicted molar refractivity (Wildman–Crippen MR) is 112 cm³/mol. The van der Waals surface area contributed by atoms with Crippen LogP contribution in [0.5, 0.6) is 0 Å². The second-order valence-electron chi connectivity index (χ2n) is 7.88. The van der Waals surface area contributed by atoms with E-state index >= 15 is 0 Å². The second kappa shape index (κ2) is 7.08. The number of aromatic amines is 1. The van der Waals surface area contributed by atoms with Crippen LogP contribution in [0.15, 0.2) is 41.2 Å². The number of nitrogens with one attached hydrogen (secondary N) is 1. The van der Waals surface area contributed by atoms with Gasteiger partial charge in [-0.3, -0.25) is 9.48 Å². The Morgan fingerprint density at radius 3 is 2.97 bits per heavy atom. The summed E-state index contributed by atoms with van der Waals surface area (Å²) < 4.78 is 22.8. The van der Waals surface area contributed by atoms with Crippen LogP contribution in [0, 0.1) is 12.9 Å². The zero-order chi connectivity index (χ0) is 22.7. The first-order valence-electron chi connectivity index (χ1n) is 10.3. The molecule has 1 aliphatic heterocycles. The molecule has 5 aromatic heterocycles. The number of H-pyrrole nitrogens is 1. The average Bonchev–Trinajstić information content (AvgIpc) is 3.59. The monoisotopic (exact) mass is 447 g/mol. The van der Waals surface area contributed by atoms with Crippen LogP contribution in [0.1, 0.15) is 39.4 Å². The van der Waals surface area contributed by atoms with Gasteiger partial charge in [-0.05, 0) is 30.7 Å². The molecule has 1 amide bonds. The molecule has 0 aromatic carbocycles. The van der Waals surface area contributed by atoms with E-state index in [4.69, 9.17) is 4.42 Å². The van der Waals surface area contributed by atoms with Crippen molar-refractivity contribution >= 4 is 11.4 Å². The molecule has 0 aliphatic carbocycles. The summed E-state index contributed by atoms with van der Waals surface area (Å²) in [5.41, 5.74) is 4.11. The first-order valence-corrected chi connectivity index (χ1v) is 10.3. The highest BCUT2D eigenvalue weighted by molar-refractivity contribution is 5.90. The number of hydrogen-bond acceptors (Lipinski definition) is 7. The Balaban J connectivity index is 1.42. The lowest BCUT2D eigenvalue weighted by Gasteiger charge is -2.32. The third-order valence-electron chi connectivity index (χ3n) is 5.86. The minimum Gasteiger partial charge on any atom is -0.411 e. The first-order chi connectivity index (χ1) is 16.0. The third-order valence-corrected chi connectivity index (χ3v) is 5.86. The van der Waals surface area contributed by atoms with Crippen LogP contribution >= 0.6 is 0 Å². The predicted octanol–water partition coefficient (Wildman–Crippen LogP) is 2.08. The highest BCUT2D eigenvalue weighted by Crippen LogP contribution is 2.34. The van der Waals surface area contributed by atoms with Crippen molar-refractivity contribution in [2.45, 2.75) is 19.4 Å². The van der Waals surface area contributed by atoms with Gasteiger partial charge < -0.3 is 14.3 Å². The number of amides is 1. The maximum atomic E-state index is 14.3. The number of nitrogens with zero attached hydrogens (tertiary/aromatic N) is 8. The molecule has 1 atom stereocenters. The van der Waals surface area contributed by atoms with Gasteiger partial charge in [-0.1, -0.05) is 6.07 Å². The van der Waals surface area contributed by atoms with Crippen molar-refractivity contribution in [3.63, 3.8) is 0 Å². The molecule has 0 saturated heterocycles. The van der Waals surface area contributed by atoms with Gasteiger partial charge in [-0.25, -0.2) is 9.50 Å². The number of imidazole rings is 1. The fourth-order valence-corrected chi connectivity index (χ4v) is 4.31. The number of carbonyl (C=O) groups is 1. The van der Waals surface area contributed by atoms with Gasteiger partial charge in [0.1, 0.15) is 11.7 Å². The summed E-state index contributed by atoms with van der Waals surface area (Å²) in [6.07, 6.45) is 3.84. The van der Waals surface area contributed by atoms with E-state index in [9.17, 15) is 9.18 Å². The molecule has 166 valence electrons. The number of hydrogen-bond donors (Lipinski definition) is 1. The SMILES string of the molecule is Cc1cnn(C)c1-c1nnc(C(=O)N2CCc3[nH]cnc3C2c2cc3cccc(F)n3n2)o1. The molecular weight excluding hydrogens is 429 g/mol. The van der Waals surface area contributed by atoms with E-state index in [0.717, 1.165) is 11.3 Å². The van der Waals surface area contributed by atoms with Crippen LogP contribution in [0.25, 0.3) is 17.1 Å². The van der Waals surface area contributed by atoms with E-state index < -0.39 is 17.9 Å². The summed E-state index contributed by atoms with van der Waals surface area (Å²) in [5, 5.41) is 16.7. The van der Waals surface area contributed by atoms with E-state index in [-0.39, 0.29) is 11.8 Å². The molecule has 12 heteroatoms. The molecule has 0 spiro atoms. The maximum Gasteiger partial charge on any atom is 0.312 e. The number of carbonyl (C=O) groups excluding carboxylic acids is 1. The normalized spacial score (nSPS) is 15.8. The Kier molecular flexibility index (Phi) is 4.15. The largest absolute Gasteiger partial charge is 0.411 e. The lowest BCUT2D eigenvalue weighted by atomic mass is 9.99. The first kappa shape index (κ1) is 19.3. The number of halogens is 1. The van der Waals surface area contributed by atoms with Crippen LogP contribution in [0.4, 0.5) is 4.39 Å². The Hall–Kier alpha value is -4.35. The van der Waals surface area contributed by atoms with Gasteiger partial charge in [-0.2, -0.15) is 14.6 Å². The second-order valence-corrected chi connectivity index (χ2v) is 7.88. The average molecular weight is 447 g/mol. The number of rotatable bonds is 3. The number of aryl methyl sites for hydroxylation is 2. The molecule has 1 unspecified atom stereocenters. The fraction of sp³-hybridized carbons (Fsp3) is 0.238. The Bertz CT molecular complexity index is 1490. The van der Waals surface area contributed by atoms with Gasteiger partial charge in [0.25, 0.3) is 5.89 Å². The van der Waals surface area contributed by atoms with Crippen molar-refractivity contribution in [1.29, 1.82) is 0 Å². The van der Waals surface area contributed by atoms with E-state index in [0.29, 0.717) is 35.6 Å². The quantitative estimate of drug-likeness (QED) is 0.420. The summed E-state index contributed by atoms with van der Waals surface area (Å²) in [6, 6.07) is 5.80. The zero-order valence-corrected chi connectivity index (χ0v) is 17.7. The molecule has 1 N–H and O–H groups in total. The molecular formula is C21H18FN9O2. The van der Waals surface area contributed by atoms with Crippen LogP contribution in [-0.4, -0.2) is 56.9 Å².